The van der Waals surface area contributed by atoms with E-state index in [0.717, 1.165) is 6.54 Å². The quantitative estimate of drug-likeness (QED) is 0.269. The summed E-state index contributed by atoms with van der Waals surface area (Å²) in [7, 11) is 3.88. The lowest BCUT2D eigenvalue weighted by Crippen LogP contribution is -2.15. The molecular weight excluding hydrogens is 264 g/mol. The molecule has 0 aromatic carbocycles. The van der Waals surface area contributed by atoms with Crippen LogP contribution in [0.25, 0.3) is 0 Å². The Hall–Kier alpha value is -0.920. The summed E-state index contributed by atoms with van der Waals surface area (Å²) in [4.78, 5) is 20.1. The molecule has 0 saturated heterocycles. The van der Waals surface area contributed by atoms with Crippen molar-refractivity contribution < 1.29 is 4.92 Å². The predicted octanol–water partition coefficient (Wildman–Crippen LogP) is 2.00. The van der Waals surface area contributed by atoms with Crippen LogP contribution in [0.5, 0.6) is 0 Å². The summed E-state index contributed by atoms with van der Waals surface area (Å²) in [6, 6.07) is 0. The molecule has 0 aliphatic rings. The maximum atomic E-state index is 10.9. The summed E-state index contributed by atoms with van der Waals surface area (Å²) in [6.07, 6.45) is 0. The summed E-state index contributed by atoms with van der Waals surface area (Å²) >= 11 is 7.01. The fourth-order valence-electron chi connectivity index (χ4n) is 1.14. The average Bonchev–Trinajstić information content (AvgIpc) is 2.14. The zero-order valence-electron chi connectivity index (χ0n) is 9.81. The molecule has 94 valence electrons. The summed E-state index contributed by atoms with van der Waals surface area (Å²) in [5.74, 6) is 0.709. The van der Waals surface area contributed by atoms with Gasteiger partial charge in [-0.05, 0) is 32.6 Å². The van der Waals surface area contributed by atoms with E-state index in [4.69, 9.17) is 11.6 Å². The fraction of sp³-hybridized carbons (Fsp3) is 0.556. The minimum atomic E-state index is -0.469. The SMILES string of the molecule is Cc1nc(Cl)nc(SCCN(C)C)c1[N+](=O)[O-]. The van der Waals surface area contributed by atoms with Crippen molar-refractivity contribution in [1.82, 2.24) is 14.9 Å². The van der Waals surface area contributed by atoms with Crippen LogP contribution in [0.1, 0.15) is 5.69 Å². The van der Waals surface area contributed by atoms with Crippen molar-refractivity contribution in [3.8, 4) is 0 Å². The zero-order valence-corrected chi connectivity index (χ0v) is 11.4. The van der Waals surface area contributed by atoms with Gasteiger partial charge in [-0.1, -0.05) is 11.8 Å². The van der Waals surface area contributed by atoms with Gasteiger partial charge in [-0.15, -0.1) is 0 Å². The maximum absolute atomic E-state index is 10.9. The van der Waals surface area contributed by atoms with Gasteiger partial charge >= 0.3 is 5.69 Å². The highest BCUT2D eigenvalue weighted by molar-refractivity contribution is 7.99. The molecule has 0 aliphatic carbocycles. The second kappa shape index (κ2) is 6.13. The molecule has 1 aromatic rings. The topological polar surface area (TPSA) is 72.2 Å². The van der Waals surface area contributed by atoms with Crippen molar-refractivity contribution in [2.45, 2.75) is 11.9 Å². The number of hydrogen-bond donors (Lipinski definition) is 0. The monoisotopic (exact) mass is 276 g/mol. The first-order chi connectivity index (χ1) is 7.91. The number of hydrogen-bond acceptors (Lipinski definition) is 6. The van der Waals surface area contributed by atoms with E-state index < -0.39 is 4.92 Å². The van der Waals surface area contributed by atoms with Crippen molar-refractivity contribution in [1.29, 1.82) is 0 Å². The molecule has 0 bridgehead atoms. The van der Waals surface area contributed by atoms with Crippen LogP contribution in [0.2, 0.25) is 5.28 Å². The molecular formula is C9H13ClN4O2S. The Balaban J connectivity index is 2.92. The summed E-state index contributed by atoms with van der Waals surface area (Å²) in [5.41, 5.74) is 0.237. The van der Waals surface area contributed by atoms with Crippen LogP contribution >= 0.6 is 23.4 Å². The molecule has 0 spiro atoms. The molecule has 1 rings (SSSR count). The van der Waals surface area contributed by atoms with Crippen molar-refractivity contribution in [2.75, 3.05) is 26.4 Å². The van der Waals surface area contributed by atoms with Crippen LogP contribution in [0.4, 0.5) is 5.69 Å². The zero-order chi connectivity index (χ0) is 13.0. The highest BCUT2D eigenvalue weighted by atomic mass is 35.5. The third kappa shape index (κ3) is 4.10. The smallest absolute Gasteiger partial charge is 0.309 e. The van der Waals surface area contributed by atoms with Gasteiger partial charge in [0.2, 0.25) is 5.28 Å². The Morgan fingerprint density at radius 1 is 1.47 bits per heavy atom. The molecule has 17 heavy (non-hydrogen) atoms. The van der Waals surface area contributed by atoms with Gasteiger partial charge in [0.1, 0.15) is 5.69 Å². The van der Waals surface area contributed by atoms with Crippen LogP contribution in [0.15, 0.2) is 5.03 Å². The first kappa shape index (κ1) is 14.1. The van der Waals surface area contributed by atoms with E-state index in [-0.39, 0.29) is 11.0 Å². The number of rotatable bonds is 5. The van der Waals surface area contributed by atoms with Gasteiger partial charge < -0.3 is 4.90 Å². The van der Waals surface area contributed by atoms with Crippen LogP contribution in [-0.4, -0.2) is 46.2 Å². The van der Waals surface area contributed by atoms with Gasteiger partial charge in [0.25, 0.3) is 0 Å². The molecule has 0 amide bonds. The Bertz CT molecular complexity index is 428. The van der Waals surface area contributed by atoms with E-state index in [1.165, 1.54) is 11.8 Å². The Morgan fingerprint density at radius 3 is 2.65 bits per heavy atom. The second-order valence-electron chi connectivity index (χ2n) is 3.64. The molecule has 1 aromatic heterocycles. The Kier molecular flexibility index (Phi) is 5.10. The molecule has 8 heteroatoms. The third-order valence-corrected chi connectivity index (χ3v) is 3.07. The van der Waals surface area contributed by atoms with Crippen LogP contribution < -0.4 is 0 Å². The van der Waals surface area contributed by atoms with Crippen molar-refractivity contribution >= 4 is 29.1 Å². The highest BCUT2D eigenvalue weighted by Gasteiger charge is 2.21. The van der Waals surface area contributed by atoms with Crippen LogP contribution in [0.3, 0.4) is 0 Å². The van der Waals surface area contributed by atoms with E-state index in [0.29, 0.717) is 16.5 Å². The summed E-state index contributed by atoms with van der Waals surface area (Å²) < 4.78 is 0. The van der Waals surface area contributed by atoms with Crippen molar-refractivity contribution in [3.05, 3.63) is 21.1 Å². The maximum Gasteiger partial charge on any atom is 0.322 e. The van der Waals surface area contributed by atoms with Gasteiger partial charge in [-0.3, -0.25) is 10.1 Å². The highest BCUT2D eigenvalue weighted by Crippen LogP contribution is 2.30. The Morgan fingerprint density at radius 2 is 2.12 bits per heavy atom. The number of nitrogens with zero attached hydrogens (tertiary/aromatic N) is 4. The molecule has 0 N–H and O–H groups in total. The predicted molar refractivity (Wildman–Crippen MR) is 67.7 cm³/mol. The molecule has 0 unspecified atom stereocenters. The molecule has 0 radical (unpaired) electrons. The summed E-state index contributed by atoms with van der Waals surface area (Å²) in [6.45, 7) is 2.37. The minimum absolute atomic E-state index is 0.0421. The molecule has 0 fully saturated rings. The second-order valence-corrected chi connectivity index (χ2v) is 5.06. The number of thioether (sulfide) groups is 1. The molecule has 0 atom stereocenters. The first-order valence-corrected chi connectivity index (χ1v) is 6.24. The van der Waals surface area contributed by atoms with E-state index in [2.05, 4.69) is 9.97 Å². The lowest BCUT2D eigenvalue weighted by molar-refractivity contribution is -0.389. The fourth-order valence-corrected chi connectivity index (χ4v) is 2.56. The van der Waals surface area contributed by atoms with E-state index >= 15 is 0 Å². The van der Waals surface area contributed by atoms with Gasteiger partial charge in [0.15, 0.2) is 5.03 Å². The van der Waals surface area contributed by atoms with E-state index in [9.17, 15) is 10.1 Å². The molecule has 6 nitrogen and oxygen atoms in total. The number of aryl methyl sites for hydroxylation is 1. The average molecular weight is 277 g/mol. The Labute approximate surface area is 109 Å². The number of nitro groups is 1. The van der Waals surface area contributed by atoms with Gasteiger partial charge in [0, 0.05) is 12.3 Å². The first-order valence-electron chi connectivity index (χ1n) is 4.88. The molecule has 0 saturated carbocycles. The van der Waals surface area contributed by atoms with Gasteiger partial charge in [-0.25, -0.2) is 9.97 Å². The van der Waals surface area contributed by atoms with Crippen LogP contribution in [-0.2, 0) is 0 Å². The van der Waals surface area contributed by atoms with Crippen molar-refractivity contribution in [3.63, 3.8) is 0 Å². The standard InChI is InChI=1S/C9H13ClN4O2S/c1-6-7(14(15)16)8(12-9(10)11-6)17-5-4-13(2)3/h4-5H2,1-3H3. The van der Waals surface area contributed by atoms with E-state index in [1.807, 2.05) is 19.0 Å². The van der Waals surface area contributed by atoms with Gasteiger partial charge in [0.05, 0.1) is 4.92 Å². The normalized spacial score (nSPS) is 10.9. The lowest BCUT2D eigenvalue weighted by Gasteiger charge is -2.08. The molecule has 1 heterocycles. The summed E-state index contributed by atoms with van der Waals surface area (Å²) in [5, 5.41) is 11.3. The molecule has 0 aliphatic heterocycles. The van der Waals surface area contributed by atoms with Crippen molar-refractivity contribution in [2.24, 2.45) is 0 Å². The van der Waals surface area contributed by atoms with Gasteiger partial charge in [-0.2, -0.15) is 0 Å². The lowest BCUT2D eigenvalue weighted by atomic mass is 10.4. The minimum Gasteiger partial charge on any atom is -0.309 e. The van der Waals surface area contributed by atoms with E-state index in [1.54, 1.807) is 6.92 Å². The van der Waals surface area contributed by atoms with Crippen LogP contribution in [0, 0.1) is 17.0 Å². The largest absolute Gasteiger partial charge is 0.322 e. The number of aromatic nitrogens is 2. The third-order valence-electron chi connectivity index (χ3n) is 1.96. The number of halogens is 1.